The Morgan fingerprint density at radius 1 is 1.12 bits per heavy atom. The van der Waals surface area contributed by atoms with E-state index >= 15 is 0 Å². The zero-order valence-electron chi connectivity index (χ0n) is 19.8. The third-order valence-corrected chi connectivity index (χ3v) is 6.27. The van der Waals surface area contributed by atoms with Crippen molar-refractivity contribution in [3.63, 3.8) is 0 Å². The van der Waals surface area contributed by atoms with Crippen molar-refractivity contribution in [3.05, 3.63) is 52.8 Å². The highest BCUT2D eigenvalue weighted by molar-refractivity contribution is 7.99. The molecule has 2 aromatic carbocycles. The highest BCUT2D eigenvalue weighted by Gasteiger charge is 2.15. The number of rotatable bonds is 12. The minimum Gasteiger partial charge on any atom is -0.497 e. The van der Waals surface area contributed by atoms with Crippen LogP contribution in [0, 0.1) is 6.92 Å². The fourth-order valence-corrected chi connectivity index (χ4v) is 4.38. The molecule has 0 atom stereocenters. The summed E-state index contributed by atoms with van der Waals surface area (Å²) in [6, 6.07) is 10.8. The smallest absolute Gasteiger partial charge is 0.234 e. The number of amides is 1. The van der Waals surface area contributed by atoms with E-state index in [1.807, 2.05) is 36.6 Å². The number of hydrogen-bond acceptors (Lipinski definition) is 7. The standard InChI is InChI=1S/C24H29ClN4O4S/c1-5-29-22(7-6-12-33-20-11-8-17(25)13-16(20)2)27-28-24(29)34-15-23(30)26-19-10-9-18(31-3)14-21(19)32-4/h8-11,13-14H,5-7,12,15H2,1-4H3,(H,26,30). The van der Waals surface area contributed by atoms with Crippen LogP contribution in [0.25, 0.3) is 0 Å². The van der Waals surface area contributed by atoms with Gasteiger partial charge in [0, 0.05) is 24.1 Å². The molecular weight excluding hydrogens is 476 g/mol. The van der Waals surface area contributed by atoms with Crippen LogP contribution in [-0.2, 0) is 17.8 Å². The molecule has 182 valence electrons. The number of nitrogens with one attached hydrogen (secondary N) is 1. The molecule has 0 saturated heterocycles. The third kappa shape index (κ3) is 6.80. The maximum atomic E-state index is 12.5. The maximum absolute atomic E-state index is 12.5. The Bertz CT molecular complexity index is 1120. The second-order valence-electron chi connectivity index (χ2n) is 7.41. The molecule has 0 radical (unpaired) electrons. The van der Waals surface area contributed by atoms with Crippen molar-refractivity contribution < 1.29 is 19.0 Å². The van der Waals surface area contributed by atoms with E-state index < -0.39 is 0 Å². The number of methoxy groups -OCH3 is 2. The van der Waals surface area contributed by atoms with E-state index in [4.69, 9.17) is 25.8 Å². The van der Waals surface area contributed by atoms with E-state index in [1.165, 1.54) is 11.8 Å². The molecule has 0 spiro atoms. The summed E-state index contributed by atoms with van der Waals surface area (Å²) in [6.07, 6.45) is 1.52. The monoisotopic (exact) mass is 504 g/mol. The predicted molar refractivity (Wildman–Crippen MR) is 135 cm³/mol. The van der Waals surface area contributed by atoms with Crippen LogP contribution in [0.2, 0.25) is 5.02 Å². The Kier molecular flexibility index (Phi) is 9.47. The van der Waals surface area contributed by atoms with Crippen LogP contribution in [-0.4, -0.2) is 47.3 Å². The van der Waals surface area contributed by atoms with E-state index in [0.717, 1.165) is 36.5 Å². The number of anilines is 1. The number of hydrogen-bond donors (Lipinski definition) is 1. The Labute approximate surface area is 209 Å². The van der Waals surface area contributed by atoms with Gasteiger partial charge in [0.1, 0.15) is 23.1 Å². The van der Waals surface area contributed by atoms with Crippen LogP contribution in [0.4, 0.5) is 5.69 Å². The molecule has 0 aliphatic rings. The van der Waals surface area contributed by atoms with Crippen LogP contribution in [0.3, 0.4) is 0 Å². The summed E-state index contributed by atoms with van der Waals surface area (Å²) in [4.78, 5) is 12.5. The molecule has 1 heterocycles. The minimum absolute atomic E-state index is 0.160. The first kappa shape index (κ1) is 25.7. The number of aryl methyl sites for hydroxylation is 2. The average Bonchev–Trinajstić information content (AvgIpc) is 3.23. The average molecular weight is 505 g/mol. The van der Waals surface area contributed by atoms with Gasteiger partial charge in [-0.25, -0.2) is 0 Å². The molecule has 0 unspecified atom stereocenters. The Morgan fingerprint density at radius 3 is 2.65 bits per heavy atom. The summed E-state index contributed by atoms with van der Waals surface area (Å²) in [5.41, 5.74) is 1.59. The lowest BCUT2D eigenvalue weighted by Crippen LogP contribution is -2.15. The second kappa shape index (κ2) is 12.5. The number of aromatic nitrogens is 3. The molecule has 1 N–H and O–H groups in total. The van der Waals surface area contributed by atoms with Crippen molar-refractivity contribution in [2.75, 3.05) is 31.9 Å². The topological polar surface area (TPSA) is 87.5 Å². The Hall–Kier alpha value is -2.91. The highest BCUT2D eigenvalue weighted by Crippen LogP contribution is 2.29. The van der Waals surface area contributed by atoms with Crippen molar-refractivity contribution in [2.24, 2.45) is 0 Å². The Morgan fingerprint density at radius 2 is 1.94 bits per heavy atom. The molecule has 0 bridgehead atoms. The first-order valence-electron chi connectivity index (χ1n) is 10.9. The number of halogens is 1. The Balaban J connectivity index is 1.51. The van der Waals surface area contributed by atoms with Crippen LogP contribution < -0.4 is 19.5 Å². The van der Waals surface area contributed by atoms with Crippen molar-refractivity contribution >= 4 is 35.0 Å². The van der Waals surface area contributed by atoms with Gasteiger partial charge in [0.25, 0.3) is 0 Å². The summed E-state index contributed by atoms with van der Waals surface area (Å²) in [7, 11) is 3.13. The summed E-state index contributed by atoms with van der Waals surface area (Å²) >= 11 is 7.34. The normalized spacial score (nSPS) is 10.7. The molecule has 34 heavy (non-hydrogen) atoms. The summed E-state index contributed by atoms with van der Waals surface area (Å²) in [5, 5.41) is 12.9. The first-order chi connectivity index (χ1) is 16.4. The minimum atomic E-state index is -0.160. The fourth-order valence-electron chi connectivity index (χ4n) is 3.33. The van der Waals surface area contributed by atoms with Crippen LogP contribution in [0.5, 0.6) is 17.2 Å². The zero-order valence-corrected chi connectivity index (χ0v) is 21.3. The summed E-state index contributed by atoms with van der Waals surface area (Å²) < 4.78 is 18.4. The van der Waals surface area contributed by atoms with E-state index in [2.05, 4.69) is 15.5 Å². The van der Waals surface area contributed by atoms with E-state index in [0.29, 0.717) is 34.0 Å². The molecule has 10 heteroatoms. The molecule has 1 amide bonds. The van der Waals surface area contributed by atoms with Gasteiger partial charge in [-0.15, -0.1) is 10.2 Å². The van der Waals surface area contributed by atoms with Gasteiger partial charge in [0.15, 0.2) is 5.16 Å². The van der Waals surface area contributed by atoms with Crippen molar-refractivity contribution in [1.29, 1.82) is 0 Å². The van der Waals surface area contributed by atoms with Gasteiger partial charge >= 0.3 is 0 Å². The first-order valence-corrected chi connectivity index (χ1v) is 12.3. The van der Waals surface area contributed by atoms with Gasteiger partial charge in [0.05, 0.1) is 32.3 Å². The lowest BCUT2D eigenvalue weighted by atomic mass is 10.2. The van der Waals surface area contributed by atoms with Crippen molar-refractivity contribution in [2.45, 2.75) is 38.4 Å². The highest BCUT2D eigenvalue weighted by atomic mass is 35.5. The largest absolute Gasteiger partial charge is 0.497 e. The van der Waals surface area contributed by atoms with Gasteiger partial charge in [-0.3, -0.25) is 4.79 Å². The lowest BCUT2D eigenvalue weighted by Gasteiger charge is -2.12. The van der Waals surface area contributed by atoms with Crippen molar-refractivity contribution in [1.82, 2.24) is 14.8 Å². The number of benzene rings is 2. The fraction of sp³-hybridized carbons (Fsp3) is 0.375. The molecule has 0 fully saturated rings. The molecule has 0 saturated carbocycles. The quantitative estimate of drug-likeness (QED) is 0.273. The number of thioether (sulfide) groups is 1. The number of ether oxygens (including phenoxy) is 3. The van der Waals surface area contributed by atoms with E-state index in [1.54, 1.807) is 32.4 Å². The van der Waals surface area contributed by atoms with Crippen LogP contribution in [0.15, 0.2) is 41.6 Å². The molecule has 0 aliphatic carbocycles. The van der Waals surface area contributed by atoms with Gasteiger partial charge in [-0.05, 0) is 56.2 Å². The molecule has 0 aliphatic heterocycles. The van der Waals surface area contributed by atoms with Crippen LogP contribution in [0.1, 0.15) is 24.7 Å². The molecule has 8 nitrogen and oxygen atoms in total. The zero-order chi connectivity index (χ0) is 24.5. The molecule has 3 rings (SSSR count). The SMILES string of the molecule is CCn1c(CCCOc2ccc(Cl)cc2C)nnc1SCC(=O)Nc1ccc(OC)cc1OC. The lowest BCUT2D eigenvalue weighted by molar-refractivity contribution is -0.113. The second-order valence-corrected chi connectivity index (χ2v) is 8.79. The number of nitrogens with zero attached hydrogens (tertiary/aromatic N) is 3. The predicted octanol–water partition coefficient (Wildman–Crippen LogP) is 5.02. The van der Waals surface area contributed by atoms with Gasteiger partial charge in [-0.2, -0.15) is 0 Å². The summed E-state index contributed by atoms with van der Waals surface area (Å²) in [5.74, 6) is 2.93. The molecule has 3 aromatic rings. The van der Waals surface area contributed by atoms with E-state index in [9.17, 15) is 4.79 Å². The number of carbonyl (C=O) groups is 1. The van der Waals surface area contributed by atoms with Crippen molar-refractivity contribution in [3.8, 4) is 17.2 Å². The van der Waals surface area contributed by atoms with Gasteiger partial charge in [-0.1, -0.05) is 23.4 Å². The molecule has 1 aromatic heterocycles. The van der Waals surface area contributed by atoms with Crippen LogP contribution >= 0.6 is 23.4 Å². The molecular formula is C24H29ClN4O4S. The number of carbonyl (C=O) groups excluding carboxylic acids is 1. The third-order valence-electron chi connectivity index (χ3n) is 5.06. The maximum Gasteiger partial charge on any atom is 0.234 e. The van der Waals surface area contributed by atoms with Gasteiger partial charge < -0.3 is 24.1 Å². The summed E-state index contributed by atoms with van der Waals surface area (Å²) in [6.45, 7) is 5.29. The van der Waals surface area contributed by atoms with Gasteiger partial charge in [0.2, 0.25) is 5.91 Å². The van der Waals surface area contributed by atoms with E-state index in [-0.39, 0.29) is 11.7 Å².